The Morgan fingerprint density at radius 3 is 1.94 bits per heavy atom. The molecule has 1 aliphatic rings. The fourth-order valence-electron chi connectivity index (χ4n) is 6.89. The second-order valence-corrected chi connectivity index (χ2v) is 13.0. The van der Waals surface area contributed by atoms with Crippen molar-refractivity contribution in [2.75, 3.05) is 0 Å². The van der Waals surface area contributed by atoms with Crippen LogP contribution in [0.15, 0.2) is 164 Å². The molecule has 0 radical (unpaired) electrons. The van der Waals surface area contributed by atoms with Crippen LogP contribution in [-0.4, -0.2) is 24.9 Å². The maximum Gasteiger partial charge on any atom is 0.160 e. The Morgan fingerprint density at radius 2 is 1.24 bits per heavy atom. The standard InChI is InChI=1S/C46H33N5/c1-30-27-41(49-45-39(30)24-22-36-23-25-40(48-44(36)45)33-9-4-2-5-10-33)35-18-14-31(15-19-35)32-16-20-37(21-17-32)46-50-42(34-11-6-3-7-12-34)28-43(51-46)38-13-8-26-47-29-38/h2-18,20-29,35H,19H2,1H3. The molecule has 242 valence electrons. The number of hydrogen-bond acceptors (Lipinski definition) is 5. The number of nitrogens with zero attached hydrogens (tertiary/aromatic N) is 5. The molecule has 0 N–H and O–H groups in total. The van der Waals surface area contributed by atoms with Crippen molar-refractivity contribution in [3.63, 3.8) is 0 Å². The minimum Gasteiger partial charge on any atom is -0.264 e. The first-order chi connectivity index (χ1) is 25.2. The number of allylic oxidation sites excluding steroid dienone is 4. The third-order valence-electron chi connectivity index (χ3n) is 9.64. The van der Waals surface area contributed by atoms with Crippen LogP contribution in [-0.2, 0) is 0 Å². The van der Waals surface area contributed by atoms with Gasteiger partial charge in [0.2, 0.25) is 0 Å². The van der Waals surface area contributed by atoms with E-state index in [-0.39, 0.29) is 5.92 Å². The van der Waals surface area contributed by atoms with Crippen molar-refractivity contribution in [1.29, 1.82) is 0 Å². The molecule has 51 heavy (non-hydrogen) atoms. The van der Waals surface area contributed by atoms with Gasteiger partial charge in [-0.15, -0.1) is 0 Å². The maximum atomic E-state index is 5.26. The summed E-state index contributed by atoms with van der Waals surface area (Å²) in [5.41, 5.74) is 13.3. The van der Waals surface area contributed by atoms with Gasteiger partial charge < -0.3 is 0 Å². The van der Waals surface area contributed by atoms with E-state index in [0.29, 0.717) is 5.82 Å². The molecule has 0 spiro atoms. The van der Waals surface area contributed by atoms with E-state index in [0.717, 1.165) is 78.8 Å². The molecular weight excluding hydrogens is 623 g/mol. The van der Waals surface area contributed by atoms with Crippen molar-refractivity contribution < 1.29 is 0 Å². The van der Waals surface area contributed by atoms with Crippen LogP contribution in [0.4, 0.5) is 0 Å². The summed E-state index contributed by atoms with van der Waals surface area (Å²) < 4.78 is 0. The zero-order chi connectivity index (χ0) is 34.1. The fourth-order valence-corrected chi connectivity index (χ4v) is 6.89. The number of pyridine rings is 3. The molecule has 0 aliphatic heterocycles. The van der Waals surface area contributed by atoms with Crippen LogP contribution >= 0.6 is 0 Å². The van der Waals surface area contributed by atoms with E-state index in [1.807, 2.05) is 48.7 Å². The van der Waals surface area contributed by atoms with E-state index in [1.165, 1.54) is 11.1 Å². The van der Waals surface area contributed by atoms with Crippen LogP contribution < -0.4 is 0 Å². The van der Waals surface area contributed by atoms with Gasteiger partial charge in [0.15, 0.2) is 5.82 Å². The molecule has 4 aromatic carbocycles. The van der Waals surface area contributed by atoms with Crippen LogP contribution in [0.2, 0.25) is 0 Å². The monoisotopic (exact) mass is 655 g/mol. The highest BCUT2D eigenvalue weighted by Gasteiger charge is 2.18. The Balaban J connectivity index is 0.999. The lowest BCUT2D eigenvalue weighted by Crippen LogP contribution is -2.03. The summed E-state index contributed by atoms with van der Waals surface area (Å²) in [5.74, 6) is 0.870. The Morgan fingerprint density at radius 1 is 0.549 bits per heavy atom. The average Bonchev–Trinajstić information content (AvgIpc) is 3.21. The highest BCUT2D eigenvalue weighted by molar-refractivity contribution is 6.04. The van der Waals surface area contributed by atoms with Crippen LogP contribution in [0.25, 0.3) is 72.5 Å². The number of aromatic nitrogens is 5. The van der Waals surface area contributed by atoms with E-state index >= 15 is 0 Å². The van der Waals surface area contributed by atoms with E-state index in [9.17, 15) is 0 Å². The van der Waals surface area contributed by atoms with E-state index in [1.54, 1.807) is 6.20 Å². The summed E-state index contributed by atoms with van der Waals surface area (Å²) in [6, 6.07) is 45.9. The van der Waals surface area contributed by atoms with Crippen molar-refractivity contribution in [3.05, 3.63) is 181 Å². The van der Waals surface area contributed by atoms with Crippen molar-refractivity contribution in [3.8, 4) is 45.2 Å². The highest BCUT2D eigenvalue weighted by atomic mass is 14.9. The molecule has 8 aromatic rings. The third-order valence-corrected chi connectivity index (χ3v) is 9.64. The van der Waals surface area contributed by atoms with Gasteiger partial charge >= 0.3 is 0 Å². The van der Waals surface area contributed by atoms with E-state index < -0.39 is 0 Å². The van der Waals surface area contributed by atoms with Gasteiger partial charge in [-0.1, -0.05) is 121 Å². The molecule has 5 nitrogen and oxygen atoms in total. The molecule has 5 heteroatoms. The van der Waals surface area contributed by atoms with Crippen molar-refractivity contribution in [2.45, 2.75) is 19.3 Å². The summed E-state index contributed by atoms with van der Waals surface area (Å²) in [4.78, 5) is 24.6. The summed E-state index contributed by atoms with van der Waals surface area (Å²) in [5, 5.41) is 2.24. The molecule has 1 atom stereocenters. The first kappa shape index (κ1) is 30.5. The van der Waals surface area contributed by atoms with E-state index in [4.69, 9.17) is 19.9 Å². The summed E-state index contributed by atoms with van der Waals surface area (Å²) in [6.07, 6.45) is 11.3. The quantitative estimate of drug-likeness (QED) is 0.167. The van der Waals surface area contributed by atoms with Gasteiger partial charge in [0.25, 0.3) is 0 Å². The third kappa shape index (κ3) is 6.00. The van der Waals surface area contributed by atoms with Gasteiger partial charge in [0, 0.05) is 57.0 Å². The van der Waals surface area contributed by atoms with Gasteiger partial charge in [0.05, 0.1) is 28.1 Å². The fraction of sp³-hybridized carbons (Fsp3) is 0.0652. The van der Waals surface area contributed by atoms with Crippen LogP contribution in [0.1, 0.15) is 29.2 Å². The SMILES string of the molecule is Cc1cc(C2C=CC(c3ccc(-c4nc(-c5ccccc5)cc(-c5cccnc5)n4)cc3)=CC2)nc2c1ccc1ccc(-c3ccccc3)nc12. The van der Waals surface area contributed by atoms with Gasteiger partial charge in [-0.2, -0.15) is 0 Å². The lowest BCUT2D eigenvalue weighted by Gasteiger charge is -2.18. The molecule has 0 saturated heterocycles. The molecular formula is C46H33N5. The number of hydrogen-bond donors (Lipinski definition) is 0. The Kier molecular flexibility index (Phi) is 7.78. The van der Waals surface area contributed by atoms with Crippen molar-refractivity contribution >= 4 is 27.4 Å². The zero-order valence-corrected chi connectivity index (χ0v) is 28.1. The van der Waals surface area contributed by atoms with Gasteiger partial charge in [-0.3, -0.25) is 4.98 Å². The molecule has 4 heterocycles. The van der Waals surface area contributed by atoms with Crippen LogP contribution in [0.5, 0.6) is 0 Å². The number of benzene rings is 4. The van der Waals surface area contributed by atoms with Gasteiger partial charge in [-0.25, -0.2) is 19.9 Å². The van der Waals surface area contributed by atoms with Crippen molar-refractivity contribution in [1.82, 2.24) is 24.9 Å². The highest BCUT2D eigenvalue weighted by Crippen LogP contribution is 2.35. The summed E-state index contributed by atoms with van der Waals surface area (Å²) in [6.45, 7) is 2.18. The minimum atomic E-state index is 0.184. The predicted molar refractivity (Wildman–Crippen MR) is 208 cm³/mol. The Bertz CT molecular complexity index is 2540. The smallest absolute Gasteiger partial charge is 0.160 e. The Labute approximate surface area is 296 Å². The second-order valence-electron chi connectivity index (χ2n) is 13.0. The van der Waals surface area contributed by atoms with Gasteiger partial charge in [-0.05, 0) is 60.4 Å². The first-order valence-corrected chi connectivity index (χ1v) is 17.3. The molecule has 0 fully saturated rings. The number of rotatable bonds is 6. The minimum absolute atomic E-state index is 0.184. The predicted octanol–water partition coefficient (Wildman–Crippen LogP) is 11.1. The molecule has 9 rings (SSSR count). The van der Waals surface area contributed by atoms with Crippen molar-refractivity contribution in [2.24, 2.45) is 0 Å². The lowest BCUT2D eigenvalue weighted by atomic mass is 9.89. The maximum absolute atomic E-state index is 5.26. The molecule has 0 bridgehead atoms. The summed E-state index contributed by atoms with van der Waals surface area (Å²) in [7, 11) is 0. The van der Waals surface area contributed by atoms with Gasteiger partial charge in [0.1, 0.15) is 0 Å². The molecule has 0 saturated carbocycles. The molecule has 1 unspecified atom stereocenters. The Hall–Kier alpha value is -6.59. The topological polar surface area (TPSA) is 64.5 Å². The molecule has 4 aromatic heterocycles. The number of fused-ring (bicyclic) bond motifs is 3. The molecule has 1 aliphatic carbocycles. The first-order valence-electron chi connectivity index (χ1n) is 17.3. The number of aryl methyl sites for hydroxylation is 1. The summed E-state index contributed by atoms with van der Waals surface area (Å²) >= 11 is 0. The normalized spacial score (nSPS) is 14.1. The molecule has 0 amide bonds. The lowest BCUT2D eigenvalue weighted by molar-refractivity contribution is 0.823. The van der Waals surface area contributed by atoms with Crippen LogP contribution in [0.3, 0.4) is 0 Å². The second kappa shape index (κ2) is 13.0. The largest absolute Gasteiger partial charge is 0.264 e. The zero-order valence-electron chi connectivity index (χ0n) is 28.1. The van der Waals surface area contributed by atoms with Crippen LogP contribution in [0, 0.1) is 6.92 Å². The average molecular weight is 656 g/mol. The van der Waals surface area contributed by atoms with E-state index in [2.05, 4.69) is 121 Å².